The fourth-order valence-electron chi connectivity index (χ4n) is 2.39. The van der Waals surface area contributed by atoms with Crippen LogP contribution in [0, 0.1) is 0 Å². The van der Waals surface area contributed by atoms with E-state index in [-0.39, 0.29) is 5.91 Å². The Morgan fingerprint density at radius 1 is 1.37 bits per heavy atom. The third kappa shape index (κ3) is 3.55. The van der Waals surface area contributed by atoms with Crippen molar-refractivity contribution in [2.75, 3.05) is 31.6 Å². The van der Waals surface area contributed by atoms with Gasteiger partial charge in [-0.2, -0.15) is 0 Å². The maximum absolute atomic E-state index is 12.3. The van der Waals surface area contributed by atoms with Crippen molar-refractivity contribution >= 4 is 11.6 Å². The van der Waals surface area contributed by atoms with E-state index in [4.69, 9.17) is 0 Å². The van der Waals surface area contributed by atoms with Crippen LogP contribution in [0.25, 0.3) is 0 Å². The van der Waals surface area contributed by atoms with E-state index in [9.17, 15) is 4.79 Å². The highest BCUT2D eigenvalue weighted by molar-refractivity contribution is 5.94. The lowest BCUT2D eigenvalue weighted by molar-refractivity contribution is -0.120. The van der Waals surface area contributed by atoms with Gasteiger partial charge >= 0.3 is 0 Å². The van der Waals surface area contributed by atoms with Crippen LogP contribution in [0.2, 0.25) is 0 Å². The number of benzene rings is 1. The molecule has 2 rings (SSSR count). The Morgan fingerprint density at radius 3 is 2.74 bits per heavy atom. The summed E-state index contributed by atoms with van der Waals surface area (Å²) in [5.41, 5.74) is 0.948. The molecule has 0 saturated carbocycles. The van der Waals surface area contributed by atoms with E-state index in [1.54, 1.807) is 4.90 Å². The molecule has 1 heterocycles. The molecule has 1 amide bonds. The topological polar surface area (TPSA) is 35.6 Å². The molecule has 0 bridgehead atoms. The van der Waals surface area contributed by atoms with Crippen LogP contribution < -0.4 is 10.2 Å². The molecule has 2 unspecified atom stereocenters. The molecule has 4 heteroatoms. The lowest BCUT2D eigenvalue weighted by Crippen LogP contribution is -2.56. The van der Waals surface area contributed by atoms with Crippen molar-refractivity contribution in [1.82, 2.24) is 10.2 Å². The zero-order chi connectivity index (χ0) is 13.8. The number of anilines is 1. The minimum atomic E-state index is 0.146. The van der Waals surface area contributed by atoms with Crippen LogP contribution in [-0.2, 0) is 4.79 Å². The Bertz CT molecular complexity index is 421. The van der Waals surface area contributed by atoms with Gasteiger partial charge in [-0.3, -0.25) is 9.69 Å². The van der Waals surface area contributed by atoms with E-state index >= 15 is 0 Å². The molecule has 2 atom stereocenters. The van der Waals surface area contributed by atoms with Crippen LogP contribution in [0.5, 0.6) is 0 Å². The Hall–Kier alpha value is -1.39. The summed E-state index contributed by atoms with van der Waals surface area (Å²) < 4.78 is 0. The number of hydrogen-bond donors (Lipinski definition) is 1. The van der Waals surface area contributed by atoms with Gasteiger partial charge in [-0.1, -0.05) is 18.2 Å². The zero-order valence-corrected chi connectivity index (χ0v) is 12.0. The molecule has 0 radical (unpaired) electrons. The van der Waals surface area contributed by atoms with Crippen molar-refractivity contribution in [1.29, 1.82) is 0 Å². The number of rotatable bonds is 3. The average molecular weight is 261 g/mol. The Labute approximate surface area is 115 Å². The van der Waals surface area contributed by atoms with Crippen molar-refractivity contribution in [2.45, 2.75) is 25.9 Å². The number of piperazine rings is 1. The molecule has 19 heavy (non-hydrogen) atoms. The summed E-state index contributed by atoms with van der Waals surface area (Å²) in [6.07, 6.45) is 0. The molecule has 1 aromatic carbocycles. The Balaban J connectivity index is 1.97. The number of likely N-dealkylation sites (N-methyl/N-ethyl adjacent to an activating group) is 1. The van der Waals surface area contributed by atoms with Crippen molar-refractivity contribution < 1.29 is 4.79 Å². The predicted octanol–water partition coefficient (Wildman–Crippen LogP) is 1.33. The standard InChI is InChI=1S/C15H23N3O/c1-12-10-18(13(2)9-16-12)11-15(19)17(3)14-7-5-4-6-8-14/h4-8,12-13,16H,9-11H2,1-3H3. The van der Waals surface area contributed by atoms with Gasteiger partial charge < -0.3 is 10.2 Å². The first kappa shape index (κ1) is 14.0. The first-order valence-corrected chi connectivity index (χ1v) is 6.87. The van der Waals surface area contributed by atoms with Crippen LogP contribution >= 0.6 is 0 Å². The first-order valence-electron chi connectivity index (χ1n) is 6.87. The van der Waals surface area contributed by atoms with Gasteiger partial charge in [-0.05, 0) is 26.0 Å². The van der Waals surface area contributed by atoms with Crippen molar-refractivity contribution in [3.8, 4) is 0 Å². The van der Waals surface area contributed by atoms with E-state index < -0.39 is 0 Å². The molecule has 1 aliphatic heterocycles. The second kappa shape index (κ2) is 6.17. The van der Waals surface area contributed by atoms with E-state index in [2.05, 4.69) is 24.1 Å². The molecule has 1 saturated heterocycles. The molecule has 4 nitrogen and oxygen atoms in total. The summed E-state index contributed by atoms with van der Waals surface area (Å²) in [5, 5.41) is 3.43. The molecule has 0 spiro atoms. The maximum Gasteiger partial charge on any atom is 0.240 e. The van der Waals surface area contributed by atoms with Gasteiger partial charge in [0.2, 0.25) is 5.91 Å². The van der Waals surface area contributed by atoms with Gasteiger partial charge in [0.25, 0.3) is 0 Å². The van der Waals surface area contributed by atoms with Crippen LogP contribution in [-0.4, -0.2) is 49.6 Å². The molecule has 1 fully saturated rings. The summed E-state index contributed by atoms with van der Waals surface area (Å²) in [7, 11) is 1.84. The molecular weight excluding hydrogens is 238 g/mol. The number of nitrogens with one attached hydrogen (secondary N) is 1. The number of hydrogen-bond acceptors (Lipinski definition) is 3. The minimum absolute atomic E-state index is 0.146. The molecule has 0 aliphatic carbocycles. The average Bonchev–Trinajstić information content (AvgIpc) is 2.43. The van der Waals surface area contributed by atoms with Gasteiger partial charge in [-0.25, -0.2) is 0 Å². The molecular formula is C15H23N3O. The van der Waals surface area contributed by atoms with Gasteiger partial charge in [0, 0.05) is 37.9 Å². The van der Waals surface area contributed by atoms with Crippen molar-refractivity contribution in [2.24, 2.45) is 0 Å². The highest BCUT2D eigenvalue weighted by atomic mass is 16.2. The normalized spacial score (nSPS) is 24.2. The SMILES string of the molecule is CC1CN(CC(=O)N(C)c2ccccc2)C(C)CN1. The summed E-state index contributed by atoms with van der Waals surface area (Å²) in [5.74, 6) is 0.146. The van der Waals surface area contributed by atoms with Gasteiger partial charge in [0.05, 0.1) is 6.54 Å². The highest BCUT2D eigenvalue weighted by Crippen LogP contribution is 2.13. The predicted molar refractivity (Wildman–Crippen MR) is 78.4 cm³/mol. The third-order valence-corrected chi connectivity index (χ3v) is 3.75. The second-order valence-electron chi connectivity index (χ2n) is 5.38. The monoisotopic (exact) mass is 261 g/mol. The largest absolute Gasteiger partial charge is 0.314 e. The number of carbonyl (C=O) groups is 1. The van der Waals surface area contributed by atoms with E-state index in [1.165, 1.54) is 0 Å². The third-order valence-electron chi connectivity index (χ3n) is 3.75. The molecule has 104 valence electrons. The summed E-state index contributed by atoms with van der Waals surface area (Å²) in [6, 6.07) is 10.6. The maximum atomic E-state index is 12.3. The van der Waals surface area contributed by atoms with Gasteiger partial charge in [0.15, 0.2) is 0 Å². The number of amides is 1. The first-order chi connectivity index (χ1) is 9.08. The van der Waals surface area contributed by atoms with E-state index in [0.29, 0.717) is 18.6 Å². The van der Waals surface area contributed by atoms with Gasteiger partial charge in [0.1, 0.15) is 0 Å². The van der Waals surface area contributed by atoms with Crippen molar-refractivity contribution in [3.05, 3.63) is 30.3 Å². The lowest BCUT2D eigenvalue weighted by atomic mass is 10.1. The second-order valence-corrected chi connectivity index (χ2v) is 5.38. The smallest absolute Gasteiger partial charge is 0.240 e. The van der Waals surface area contributed by atoms with Gasteiger partial charge in [-0.15, -0.1) is 0 Å². The fraction of sp³-hybridized carbons (Fsp3) is 0.533. The minimum Gasteiger partial charge on any atom is -0.314 e. The van der Waals surface area contributed by atoms with Crippen LogP contribution in [0.1, 0.15) is 13.8 Å². The molecule has 1 aromatic rings. The quantitative estimate of drug-likeness (QED) is 0.891. The molecule has 0 aromatic heterocycles. The van der Waals surface area contributed by atoms with Crippen LogP contribution in [0.15, 0.2) is 30.3 Å². The van der Waals surface area contributed by atoms with Crippen LogP contribution in [0.4, 0.5) is 5.69 Å². The summed E-state index contributed by atoms with van der Waals surface area (Å²) in [4.78, 5) is 16.3. The lowest BCUT2D eigenvalue weighted by Gasteiger charge is -2.37. The summed E-state index contributed by atoms with van der Waals surface area (Å²) >= 11 is 0. The van der Waals surface area contributed by atoms with E-state index in [0.717, 1.165) is 18.8 Å². The number of nitrogens with zero attached hydrogens (tertiary/aromatic N) is 2. The number of carbonyl (C=O) groups excluding carboxylic acids is 1. The Morgan fingerprint density at radius 2 is 2.05 bits per heavy atom. The molecule has 1 aliphatic rings. The van der Waals surface area contributed by atoms with Crippen LogP contribution in [0.3, 0.4) is 0 Å². The summed E-state index contributed by atoms with van der Waals surface area (Å²) in [6.45, 7) is 6.68. The highest BCUT2D eigenvalue weighted by Gasteiger charge is 2.25. The number of para-hydroxylation sites is 1. The fourth-order valence-corrected chi connectivity index (χ4v) is 2.39. The van der Waals surface area contributed by atoms with Crippen molar-refractivity contribution in [3.63, 3.8) is 0 Å². The zero-order valence-electron chi connectivity index (χ0n) is 12.0. The van der Waals surface area contributed by atoms with E-state index in [1.807, 2.05) is 37.4 Å². The molecule has 1 N–H and O–H groups in total. The Kier molecular flexibility index (Phi) is 4.56.